The van der Waals surface area contributed by atoms with Crippen LogP contribution in [0, 0.1) is 0 Å². The van der Waals surface area contributed by atoms with Crippen LogP contribution in [0.4, 0.5) is 0 Å². The van der Waals surface area contributed by atoms with Crippen LogP contribution in [0.1, 0.15) is 265 Å². The predicted octanol–water partition coefficient (Wildman–Crippen LogP) is 18.2. The molecule has 65 heavy (non-hydrogen) atoms. The van der Waals surface area contributed by atoms with Crippen LogP contribution in [0.15, 0.2) is 72.9 Å². The molecule has 0 spiro atoms. The molecule has 1 unspecified atom stereocenters. The maximum Gasteiger partial charge on any atom is 0.306 e. The van der Waals surface area contributed by atoms with Crippen molar-refractivity contribution in [3.8, 4) is 0 Å². The molecule has 0 aliphatic heterocycles. The van der Waals surface area contributed by atoms with Gasteiger partial charge in [0.2, 0.25) is 0 Å². The Morgan fingerprint density at radius 1 is 0.308 bits per heavy atom. The number of carbonyl (C=O) groups excluding carboxylic acids is 3. The maximum absolute atomic E-state index is 12.8. The summed E-state index contributed by atoms with van der Waals surface area (Å²) < 4.78 is 16.8. The standard InChI is InChI=1S/C59H102O6/c1-4-7-10-13-16-19-22-24-26-28-29-31-32-34-37-40-43-46-49-52-58(61)64-55-56(54-63-57(60)51-48-45-42-39-36-21-18-15-12-9-6-3)65-59(62)53-50-47-44-41-38-35-33-30-27-25-23-20-17-14-11-8-5-2/h15-20,24-27,29,31,56H,4-14,21-23,28,30,32-55H2,1-3H3/b18-15-,19-16-,20-17-,26-24-,27-25-,31-29-. The van der Waals surface area contributed by atoms with E-state index < -0.39 is 6.10 Å². The molecule has 0 heterocycles. The lowest BCUT2D eigenvalue weighted by atomic mass is 10.1. The van der Waals surface area contributed by atoms with Crippen molar-refractivity contribution in [1.29, 1.82) is 0 Å². The topological polar surface area (TPSA) is 78.9 Å². The molecule has 0 fully saturated rings. The van der Waals surface area contributed by atoms with Crippen molar-refractivity contribution >= 4 is 17.9 Å². The molecule has 0 saturated heterocycles. The van der Waals surface area contributed by atoms with Gasteiger partial charge in [0.05, 0.1) is 0 Å². The molecule has 374 valence electrons. The van der Waals surface area contributed by atoms with Crippen molar-refractivity contribution in [1.82, 2.24) is 0 Å². The third kappa shape index (κ3) is 51.7. The van der Waals surface area contributed by atoms with Gasteiger partial charge >= 0.3 is 17.9 Å². The minimum Gasteiger partial charge on any atom is -0.462 e. The van der Waals surface area contributed by atoms with Crippen LogP contribution in [0.3, 0.4) is 0 Å². The highest BCUT2D eigenvalue weighted by molar-refractivity contribution is 5.71. The smallest absolute Gasteiger partial charge is 0.306 e. The van der Waals surface area contributed by atoms with Gasteiger partial charge in [-0.25, -0.2) is 0 Å². The summed E-state index contributed by atoms with van der Waals surface area (Å²) in [5, 5.41) is 0. The molecule has 6 nitrogen and oxygen atoms in total. The number of hydrogen-bond donors (Lipinski definition) is 0. The molecule has 0 bridgehead atoms. The lowest BCUT2D eigenvalue weighted by Crippen LogP contribution is -2.30. The fourth-order valence-corrected chi connectivity index (χ4v) is 7.46. The second-order valence-electron chi connectivity index (χ2n) is 18.1. The van der Waals surface area contributed by atoms with E-state index in [1.807, 2.05) is 0 Å². The van der Waals surface area contributed by atoms with Gasteiger partial charge in [-0.3, -0.25) is 14.4 Å². The molecular formula is C59H102O6. The average Bonchev–Trinajstić information content (AvgIpc) is 3.30. The molecule has 0 aliphatic carbocycles. The third-order valence-electron chi connectivity index (χ3n) is 11.7. The van der Waals surface area contributed by atoms with Crippen LogP contribution in [0.5, 0.6) is 0 Å². The molecule has 0 saturated carbocycles. The van der Waals surface area contributed by atoms with Crippen molar-refractivity contribution in [2.45, 2.75) is 271 Å². The number of carbonyl (C=O) groups is 3. The minimum atomic E-state index is -0.788. The summed E-state index contributed by atoms with van der Waals surface area (Å²) in [7, 11) is 0. The maximum atomic E-state index is 12.8. The summed E-state index contributed by atoms with van der Waals surface area (Å²) in [6.07, 6.45) is 67.4. The number of rotatable bonds is 49. The minimum absolute atomic E-state index is 0.0874. The van der Waals surface area contributed by atoms with E-state index in [4.69, 9.17) is 14.2 Å². The molecule has 1 atom stereocenters. The summed E-state index contributed by atoms with van der Waals surface area (Å²) in [4.78, 5) is 38.0. The van der Waals surface area contributed by atoms with Crippen LogP contribution in [0.2, 0.25) is 0 Å². The first kappa shape index (κ1) is 61.9. The summed E-state index contributed by atoms with van der Waals surface area (Å²) in [5.41, 5.74) is 0. The zero-order chi connectivity index (χ0) is 47.2. The van der Waals surface area contributed by atoms with Gasteiger partial charge in [0.15, 0.2) is 6.10 Å². The zero-order valence-corrected chi connectivity index (χ0v) is 42.7. The van der Waals surface area contributed by atoms with Crippen molar-refractivity contribution in [2.75, 3.05) is 13.2 Å². The number of unbranched alkanes of at least 4 members (excludes halogenated alkanes) is 26. The van der Waals surface area contributed by atoms with Gasteiger partial charge in [0.1, 0.15) is 13.2 Å². The van der Waals surface area contributed by atoms with E-state index in [9.17, 15) is 14.4 Å². The zero-order valence-electron chi connectivity index (χ0n) is 42.7. The quantitative estimate of drug-likeness (QED) is 0.0262. The van der Waals surface area contributed by atoms with E-state index in [-0.39, 0.29) is 31.1 Å². The SMILES string of the molecule is CCCC/C=C\CCCCCCCC(=O)OCC(COC(=O)CCCCCCCC/C=C\C/C=C\C/C=C\CCCCC)OC(=O)CCCCCCCCC/C=C\C/C=C\CCCCC. The van der Waals surface area contributed by atoms with Crippen molar-refractivity contribution < 1.29 is 28.6 Å². The largest absolute Gasteiger partial charge is 0.462 e. The molecule has 0 rings (SSSR count). The molecular weight excluding hydrogens is 805 g/mol. The molecule has 0 radical (unpaired) electrons. The molecule has 0 N–H and O–H groups in total. The lowest BCUT2D eigenvalue weighted by Gasteiger charge is -2.18. The highest BCUT2D eigenvalue weighted by atomic mass is 16.6. The fourth-order valence-electron chi connectivity index (χ4n) is 7.46. The van der Waals surface area contributed by atoms with Gasteiger partial charge in [0.25, 0.3) is 0 Å². The first-order chi connectivity index (χ1) is 32.0. The van der Waals surface area contributed by atoms with E-state index in [1.54, 1.807) is 0 Å². The summed E-state index contributed by atoms with van der Waals surface area (Å²) in [6.45, 7) is 6.53. The molecule has 0 aliphatic rings. The van der Waals surface area contributed by atoms with Crippen LogP contribution in [0.25, 0.3) is 0 Å². The summed E-state index contributed by atoms with van der Waals surface area (Å²) in [5.74, 6) is -0.913. The summed E-state index contributed by atoms with van der Waals surface area (Å²) >= 11 is 0. The van der Waals surface area contributed by atoms with Crippen LogP contribution in [-0.2, 0) is 28.6 Å². The van der Waals surface area contributed by atoms with Gasteiger partial charge < -0.3 is 14.2 Å². The molecule has 0 aromatic heterocycles. The molecule has 6 heteroatoms. The van der Waals surface area contributed by atoms with Crippen molar-refractivity contribution in [3.63, 3.8) is 0 Å². The highest BCUT2D eigenvalue weighted by Gasteiger charge is 2.19. The van der Waals surface area contributed by atoms with E-state index in [0.29, 0.717) is 19.3 Å². The van der Waals surface area contributed by atoms with Crippen LogP contribution in [-0.4, -0.2) is 37.2 Å². The first-order valence-corrected chi connectivity index (χ1v) is 27.4. The molecule has 0 aromatic rings. The Bertz CT molecular complexity index is 1230. The third-order valence-corrected chi connectivity index (χ3v) is 11.7. The number of allylic oxidation sites excluding steroid dienone is 12. The van der Waals surface area contributed by atoms with Crippen molar-refractivity contribution in [3.05, 3.63) is 72.9 Å². The Balaban J connectivity index is 4.39. The Morgan fingerprint density at radius 3 is 0.923 bits per heavy atom. The predicted molar refractivity (Wildman–Crippen MR) is 279 cm³/mol. The van der Waals surface area contributed by atoms with E-state index in [0.717, 1.165) is 96.3 Å². The Hall–Kier alpha value is -3.15. The average molecular weight is 907 g/mol. The van der Waals surface area contributed by atoms with E-state index in [1.165, 1.54) is 128 Å². The monoisotopic (exact) mass is 907 g/mol. The van der Waals surface area contributed by atoms with Crippen molar-refractivity contribution in [2.24, 2.45) is 0 Å². The molecule has 0 amide bonds. The highest BCUT2D eigenvalue weighted by Crippen LogP contribution is 2.14. The number of ether oxygens (including phenoxy) is 3. The fraction of sp³-hybridized carbons (Fsp3) is 0.746. The lowest BCUT2D eigenvalue weighted by molar-refractivity contribution is -0.167. The Labute approximate surface area is 402 Å². The van der Waals surface area contributed by atoms with Gasteiger partial charge in [-0.15, -0.1) is 0 Å². The van der Waals surface area contributed by atoms with Gasteiger partial charge in [0, 0.05) is 19.3 Å². The first-order valence-electron chi connectivity index (χ1n) is 27.4. The second-order valence-corrected chi connectivity index (χ2v) is 18.1. The van der Waals surface area contributed by atoms with Crippen LogP contribution >= 0.6 is 0 Å². The Morgan fingerprint density at radius 2 is 0.569 bits per heavy atom. The Kier molecular flexibility index (Phi) is 50.9. The molecule has 0 aromatic carbocycles. The second kappa shape index (κ2) is 53.5. The normalized spacial score (nSPS) is 12.6. The van der Waals surface area contributed by atoms with E-state index >= 15 is 0 Å². The number of esters is 3. The van der Waals surface area contributed by atoms with Gasteiger partial charge in [-0.1, -0.05) is 209 Å². The van der Waals surface area contributed by atoms with Gasteiger partial charge in [-0.2, -0.15) is 0 Å². The van der Waals surface area contributed by atoms with Gasteiger partial charge in [-0.05, 0) is 109 Å². The number of hydrogen-bond acceptors (Lipinski definition) is 6. The van der Waals surface area contributed by atoms with E-state index in [2.05, 4.69) is 93.7 Å². The van der Waals surface area contributed by atoms with Crippen LogP contribution < -0.4 is 0 Å². The summed E-state index contributed by atoms with van der Waals surface area (Å²) in [6, 6.07) is 0.